The molecule has 1 aliphatic heterocycles. The summed E-state index contributed by atoms with van der Waals surface area (Å²) in [4.78, 5) is 14.7. The molecule has 1 aliphatic carbocycles. The highest BCUT2D eigenvalue weighted by molar-refractivity contribution is 5.79. The molecular weight excluding hydrogens is 356 g/mol. The van der Waals surface area contributed by atoms with Crippen LogP contribution < -0.4 is 0 Å². The quantitative estimate of drug-likeness (QED) is 0.692. The molecule has 3 aromatic rings. The van der Waals surface area contributed by atoms with Gasteiger partial charge in [0.05, 0.1) is 17.8 Å². The Morgan fingerprint density at radius 3 is 2.79 bits per heavy atom. The summed E-state index contributed by atoms with van der Waals surface area (Å²) in [5.41, 5.74) is 5.04. The van der Waals surface area contributed by atoms with Gasteiger partial charge in [-0.15, -0.1) is 10.2 Å². The van der Waals surface area contributed by atoms with Crippen LogP contribution in [-0.4, -0.2) is 48.9 Å². The summed E-state index contributed by atoms with van der Waals surface area (Å²) < 4.78 is 7.10. The van der Waals surface area contributed by atoms with Crippen molar-refractivity contribution in [2.24, 2.45) is 0 Å². The Morgan fingerprint density at radius 1 is 1.21 bits per heavy atom. The van der Waals surface area contributed by atoms with Gasteiger partial charge in [0, 0.05) is 24.6 Å². The molecule has 0 N–H and O–H groups in total. The molecular formula is C20H24N6O2. The van der Waals surface area contributed by atoms with Crippen molar-refractivity contribution >= 4 is 11.6 Å². The largest absolute Gasteiger partial charge is 0.361 e. The number of nitrogens with zero attached hydrogens (tertiary/aromatic N) is 6. The monoisotopic (exact) mass is 380 g/mol. The van der Waals surface area contributed by atoms with Crippen LogP contribution in [0.15, 0.2) is 10.6 Å². The van der Waals surface area contributed by atoms with Crippen molar-refractivity contribution in [2.45, 2.75) is 58.3 Å². The van der Waals surface area contributed by atoms with Crippen LogP contribution in [0.3, 0.4) is 0 Å². The van der Waals surface area contributed by atoms with E-state index in [4.69, 9.17) is 9.62 Å². The van der Waals surface area contributed by atoms with Crippen molar-refractivity contribution < 1.29 is 9.32 Å². The fourth-order valence-corrected chi connectivity index (χ4v) is 4.45. The van der Waals surface area contributed by atoms with Crippen molar-refractivity contribution in [3.63, 3.8) is 0 Å². The number of piperidine rings is 1. The van der Waals surface area contributed by atoms with Crippen LogP contribution in [0.1, 0.15) is 59.3 Å². The molecule has 8 heteroatoms. The number of carbonyl (C=O) groups excluding carboxylic acids is 1. The highest BCUT2D eigenvalue weighted by Gasteiger charge is 2.29. The van der Waals surface area contributed by atoms with Gasteiger partial charge >= 0.3 is 0 Å². The van der Waals surface area contributed by atoms with Gasteiger partial charge < -0.3 is 9.42 Å². The second kappa shape index (κ2) is 6.68. The number of aryl methyl sites for hydroxylation is 4. The van der Waals surface area contributed by atoms with Gasteiger partial charge in [-0.2, -0.15) is 9.61 Å². The fourth-order valence-electron chi connectivity index (χ4n) is 4.45. The molecule has 1 saturated heterocycles. The van der Waals surface area contributed by atoms with Gasteiger partial charge in [-0.25, -0.2) is 0 Å². The summed E-state index contributed by atoms with van der Waals surface area (Å²) in [6.07, 6.45) is 5.42. The number of likely N-dealkylation sites (tertiary alicyclic amines) is 1. The highest BCUT2D eigenvalue weighted by atomic mass is 16.5. The lowest BCUT2D eigenvalue weighted by molar-refractivity contribution is -0.131. The molecule has 146 valence electrons. The van der Waals surface area contributed by atoms with Crippen molar-refractivity contribution in [3.05, 3.63) is 40.2 Å². The molecule has 0 atom stereocenters. The first-order valence-corrected chi connectivity index (χ1v) is 10.0. The molecule has 3 aromatic heterocycles. The van der Waals surface area contributed by atoms with Crippen LogP contribution in [-0.2, 0) is 24.1 Å². The zero-order chi connectivity index (χ0) is 19.3. The second-order valence-electron chi connectivity index (χ2n) is 7.93. The summed E-state index contributed by atoms with van der Waals surface area (Å²) in [6, 6.07) is 2.13. The third-order valence-electron chi connectivity index (χ3n) is 6.17. The maximum Gasteiger partial charge on any atom is 0.227 e. The van der Waals surface area contributed by atoms with Crippen molar-refractivity contribution in [3.8, 4) is 0 Å². The third kappa shape index (κ3) is 2.87. The molecule has 0 radical (unpaired) electrons. The minimum atomic E-state index is 0.134. The molecule has 4 heterocycles. The average Bonchev–Trinajstić information content (AvgIpc) is 3.41. The van der Waals surface area contributed by atoms with Gasteiger partial charge in [-0.3, -0.25) is 4.79 Å². The van der Waals surface area contributed by atoms with Crippen LogP contribution in [0, 0.1) is 13.8 Å². The van der Waals surface area contributed by atoms with E-state index in [-0.39, 0.29) is 11.8 Å². The first-order valence-electron chi connectivity index (χ1n) is 10.0. The Kier molecular flexibility index (Phi) is 4.14. The summed E-state index contributed by atoms with van der Waals surface area (Å²) in [5.74, 6) is 2.08. The van der Waals surface area contributed by atoms with Gasteiger partial charge in [0.15, 0.2) is 11.5 Å². The average molecular weight is 380 g/mol. The predicted molar refractivity (Wildman–Crippen MR) is 101 cm³/mol. The lowest BCUT2D eigenvalue weighted by atomic mass is 9.95. The zero-order valence-electron chi connectivity index (χ0n) is 16.3. The van der Waals surface area contributed by atoms with Crippen LogP contribution >= 0.6 is 0 Å². The van der Waals surface area contributed by atoms with Crippen LogP contribution in [0.2, 0.25) is 0 Å². The molecule has 2 aliphatic rings. The Balaban J connectivity index is 1.28. The maximum atomic E-state index is 12.7. The number of carbonyl (C=O) groups is 1. The molecule has 0 unspecified atom stereocenters. The number of rotatable bonds is 3. The standard InChI is InChI=1S/C20H24N6O2/c1-12-16(13(2)28-24-12)11-19(27)25-8-6-14(7-9-25)20-22-21-18-10-15-4-3-5-17(15)23-26(18)20/h10,14H,3-9,11H2,1-2H3. The van der Waals surface area contributed by atoms with E-state index >= 15 is 0 Å². The molecule has 0 bridgehead atoms. The smallest absolute Gasteiger partial charge is 0.227 e. The van der Waals surface area contributed by atoms with E-state index in [0.29, 0.717) is 6.42 Å². The fraction of sp³-hybridized carbons (Fsp3) is 0.550. The van der Waals surface area contributed by atoms with E-state index in [1.165, 1.54) is 17.7 Å². The van der Waals surface area contributed by atoms with E-state index in [1.807, 2.05) is 23.3 Å². The first kappa shape index (κ1) is 17.3. The first-order chi connectivity index (χ1) is 13.6. The summed E-state index contributed by atoms with van der Waals surface area (Å²) in [5, 5.41) is 17.5. The van der Waals surface area contributed by atoms with Crippen molar-refractivity contribution in [2.75, 3.05) is 13.1 Å². The predicted octanol–water partition coefficient (Wildman–Crippen LogP) is 2.17. The Hall–Kier alpha value is -2.77. The Morgan fingerprint density at radius 2 is 2.04 bits per heavy atom. The topological polar surface area (TPSA) is 89.4 Å². The Bertz CT molecular complexity index is 1030. The summed E-state index contributed by atoms with van der Waals surface area (Å²) in [6.45, 7) is 5.19. The van der Waals surface area contributed by atoms with Crippen LogP contribution in [0.4, 0.5) is 0 Å². The molecule has 0 aromatic carbocycles. The highest BCUT2D eigenvalue weighted by Crippen LogP contribution is 2.29. The maximum absolute atomic E-state index is 12.7. The molecule has 5 rings (SSSR count). The van der Waals surface area contributed by atoms with Gasteiger partial charge in [-0.1, -0.05) is 5.16 Å². The van der Waals surface area contributed by atoms with Crippen molar-refractivity contribution in [1.82, 2.24) is 29.9 Å². The zero-order valence-corrected chi connectivity index (χ0v) is 16.3. The minimum Gasteiger partial charge on any atom is -0.361 e. The molecule has 1 fully saturated rings. The number of fused-ring (bicyclic) bond motifs is 2. The molecule has 8 nitrogen and oxygen atoms in total. The van der Waals surface area contributed by atoms with E-state index < -0.39 is 0 Å². The van der Waals surface area contributed by atoms with Gasteiger partial charge in [0.2, 0.25) is 5.91 Å². The van der Waals surface area contributed by atoms with Crippen LogP contribution in [0.5, 0.6) is 0 Å². The minimum absolute atomic E-state index is 0.134. The number of hydrogen-bond donors (Lipinski definition) is 0. The van der Waals surface area contributed by atoms with E-state index in [9.17, 15) is 4.79 Å². The van der Waals surface area contributed by atoms with Gasteiger partial charge in [-0.05, 0) is 57.6 Å². The Labute approximate surface area is 162 Å². The summed E-state index contributed by atoms with van der Waals surface area (Å²) in [7, 11) is 0. The SMILES string of the molecule is Cc1noc(C)c1CC(=O)N1CCC(c2nnc3cc4c(nn23)CCC4)CC1. The van der Waals surface area contributed by atoms with E-state index in [2.05, 4.69) is 21.4 Å². The second-order valence-corrected chi connectivity index (χ2v) is 7.93. The third-order valence-corrected chi connectivity index (χ3v) is 6.17. The molecule has 0 spiro atoms. The number of aromatic nitrogens is 5. The van der Waals surface area contributed by atoms with E-state index in [0.717, 1.165) is 67.3 Å². The number of hydrogen-bond acceptors (Lipinski definition) is 6. The van der Waals surface area contributed by atoms with Gasteiger partial charge in [0.25, 0.3) is 0 Å². The number of amides is 1. The molecule has 28 heavy (non-hydrogen) atoms. The van der Waals surface area contributed by atoms with Crippen molar-refractivity contribution in [1.29, 1.82) is 0 Å². The lowest BCUT2D eigenvalue weighted by Crippen LogP contribution is -2.39. The molecule has 0 saturated carbocycles. The van der Waals surface area contributed by atoms with Gasteiger partial charge in [0.1, 0.15) is 5.76 Å². The lowest BCUT2D eigenvalue weighted by Gasteiger charge is -2.31. The normalized spacial score (nSPS) is 17.4. The van der Waals surface area contributed by atoms with E-state index in [1.54, 1.807) is 0 Å². The summed E-state index contributed by atoms with van der Waals surface area (Å²) >= 11 is 0. The van der Waals surface area contributed by atoms with Crippen LogP contribution in [0.25, 0.3) is 5.65 Å². The molecule has 1 amide bonds.